The third kappa shape index (κ3) is 3.19. The average molecular weight is 379 g/mol. The fourth-order valence-corrected chi connectivity index (χ4v) is 6.75. The second-order valence-electron chi connectivity index (χ2n) is 6.49. The van der Waals surface area contributed by atoms with Crippen LogP contribution in [0, 0.1) is 0 Å². The Kier molecular flexibility index (Phi) is 4.77. The van der Waals surface area contributed by atoms with E-state index in [9.17, 15) is 8.42 Å². The van der Waals surface area contributed by atoms with Crippen LogP contribution in [0.15, 0.2) is 42.5 Å². The van der Waals surface area contributed by atoms with E-state index in [0.29, 0.717) is 13.1 Å². The molecule has 0 radical (unpaired) electrons. The predicted octanol–water partition coefficient (Wildman–Crippen LogP) is 2.51. The zero-order valence-electron chi connectivity index (χ0n) is 14.2. The van der Waals surface area contributed by atoms with Gasteiger partial charge in [-0.25, -0.2) is 8.42 Å². The quantitative estimate of drug-likeness (QED) is 0.821. The molecule has 2 heterocycles. The zero-order chi connectivity index (χ0) is 17.4. The number of hydrogen-bond donors (Lipinski definition) is 0. The number of rotatable bonds is 3. The molecule has 0 bridgehead atoms. The average Bonchev–Trinajstić information content (AvgIpc) is 3.04. The van der Waals surface area contributed by atoms with Crippen molar-refractivity contribution in [3.05, 3.63) is 48.0 Å². The Hall–Kier alpha value is -1.12. The minimum atomic E-state index is -3.39. The van der Waals surface area contributed by atoms with Crippen LogP contribution in [-0.2, 0) is 14.9 Å². The standard InChI is InChI=1S/C18H22N2O3S2/c1-19-18(16-7-6-14-4-2-3-5-15(14)12-16)17(13-23-19)25(21,22)20-8-10-24-11-9-20/h2-7,12,17-18H,8-11,13H2,1H3. The minimum absolute atomic E-state index is 0.208. The second-order valence-corrected chi connectivity index (χ2v) is 9.86. The Labute approximate surface area is 152 Å². The monoisotopic (exact) mass is 378 g/mol. The Morgan fingerprint density at radius 2 is 1.80 bits per heavy atom. The number of benzene rings is 2. The van der Waals surface area contributed by atoms with Crippen LogP contribution >= 0.6 is 11.8 Å². The lowest BCUT2D eigenvalue weighted by atomic mass is 10.0. The highest BCUT2D eigenvalue weighted by Crippen LogP contribution is 2.36. The van der Waals surface area contributed by atoms with Gasteiger partial charge in [0.05, 0.1) is 12.6 Å². The van der Waals surface area contributed by atoms with Gasteiger partial charge in [-0.15, -0.1) is 0 Å². The highest BCUT2D eigenvalue weighted by molar-refractivity contribution is 7.99. The van der Waals surface area contributed by atoms with Gasteiger partial charge in [-0.05, 0) is 22.4 Å². The lowest BCUT2D eigenvalue weighted by Gasteiger charge is -2.31. The number of sulfonamides is 1. The van der Waals surface area contributed by atoms with Crippen LogP contribution in [0.4, 0.5) is 0 Å². The summed E-state index contributed by atoms with van der Waals surface area (Å²) in [6.07, 6.45) is 0. The molecular weight excluding hydrogens is 356 g/mol. The first-order chi connectivity index (χ1) is 12.1. The summed E-state index contributed by atoms with van der Waals surface area (Å²) in [6.45, 7) is 1.40. The van der Waals surface area contributed by atoms with Crippen molar-refractivity contribution in [1.82, 2.24) is 9.37 Å². The lowest BCUT2D eigenvalue weighted by molar-refractivity contribution is -0.110. The summed E-state index contributed by atoms with van der Waals surface area (Å²) >= 11 is 1.81. The number of hydrogen-bond acceptors (Lipinski definition) is 5. The third-order valence-corrected chi connectivity index (χ3v) is 8.20. The van der Waals surface area contributed by atoms with Crippen LogP contribution < -0.4 is 0 Å². The molecule has 0 saturated carbocycles. The molecule has 0 aliphatic carbocycles. The maximum absolute atomic E-state index is 13.2. The van der Waals surface area contributed by atoms with Gasteiger partial charge in [0.2, 0.25) is 10.0 Å². The molecule has 2 aliphatic rings. The largest absolute Gasteiger partial charge is 0.297 e. The van der Waals surface area contributed by atoms with Gasteiger partial charge in [-0.1, -0.05) is 36.4 Å². The summed E-state index contributed by atoms with van der Waals surface area (Å²) in [7, 11) is -1.57. The van der Waals surface area contributed by atoms with E-state index in [2.05, 4.69) is 24.3 Å². The van der Waals surface area contributed by atoms with Gasteiger partial charge in [-0.3, -0.25) is 4.84 Å². The highest BCUT2D eigenvalue weighted by Gasteiger charge is 2.45. The summed E-state index contributed by atoms with van der Waals surface area (Å²) in [5.41, 5.74) is 0.985. The fourth-order valence-electron chi connectivity index (χ4n) is 3.65. The minimum Gasteiger partial charge on any atom is -0.297 e. The molecule has 0 N–H and O–H groups in total. The molecule has 5 nitrogen and oxygen atoms in total. The van der Waals surface area contributed by atoms with E-state index in [1.165, 1.54) is 0 Å². The van der Waals surface area contributed by atoms with E-state index in [0.717, 1.165) is 27.8 Å². The number of hydroxylamine groups is 2. The first-order valence-corrected chi connectivity index (χ1v) is 11.1. The molecule has 7 heteroatoms. The number of fused-ring (bicyclic) bond motifs is 1. The van der Waals surface area contributed by atoms with E-state index in [1.54, 1.807) is 9.37 Å². The summed E-state index contributed by atoms with van der Waals surface area (Å²) in [4.78, 5) is 5.64. The summed E-state index contributed by atoms with van der Waals surface area (Å²) < 4.78 is 28.0. The molecule has 2 unspecified atom stereocenters. The molecule has 2 atom stereocenters. The van der Waals surface area contributed by atoms with Gasteiger partial charge in [0.15, 0.2) is 0 Å². The number of thioether (sulfide) groups is 1. The van der Waals surface area contributed by atoms with Gasteiger partial charge in [0.1, 0.15) is 5.25 Å². The van der Waals surface area contributed by atoms with Crippen LogP contribution in [0.25, 0.3) is 10.8 Å². The molecule has 2 aromatic rings. The topological polar surface area (TPSA) is 49.9 Å². The highest BCUT2D eigenvalue weighted by atomic mass is 32.2. The van der Waals surface area contributed by atoms with Crippen molar-refractivity contribution in [3.8, 4) is 0 Å². The SMILES string of the molecule is CN1OCC(S(=O)(=O)N2CCSCC2)C1c1ccc2ccccc2c1. The first-order valence-electron chi connectivity index (χ1n) is 8.48. The van der Waals surface area contributed by atoms with Gasteiger partial charge in [0, 0.05) is 31.6 Å². The molecule has 4 rings (SSSR count). The molecule has 2 fully saturated rings. The van der Waals surface area contributed by atoms with Crippen molar-refractivity contribution >= 4 is 32.6 Å². The molecule has 2 aromatic carbocycles. The molecule has 0 amide bonds. The molecular formula is C18H22N2O3S2. The zero-order valence-corrected chi connectivity index (χ0v) is 15.8. The van der Waals surface area contributed by atoms with Crippen LogP contribution in [0.5, 0.6) is 0 Å². The van der Waals surface area contributed by atoms with Crippen LogP contribution in [0.1, 0.15) is 11.6 Å². The Bertz CT molecular complexity index is 866. The van der Waals surface area contributed by atoms with Crippen molar-refractivity contribution in [1.29, 1.82) is 0 Å². The van der Waals surface area contributed by atoms with Crippen molar-refractivity contribution in [3.63, 3.8) is 0 Å². The third-order valence-electron chi connectivity index (χ3n) is 5.01. The molecule has 0 spiro atoms. The summed E-state index contributed by atoms with van der Waals surface area (Å²) in [6, 6.07) is 14.0. The molecule has 2 aliphatic heterocycles. The van der Waals surface area contributed by atoms with Gasteiger partial charge in [0.25, 0.3) is 0 Å². The summed E-state index contributed by atoms with van der Waals surface area (Å²) in [5.74, 6) is 1.73. The Morgan fingerprint density at radius 3 is 2.56 bits per heavy atom. The maximum Gasteiger partial charge on any atom is 0.221 e. The molecule has 0 aromatic heterocycles. The fraction of sp³-hybridized carbons (Fsp3) is 0.444. The van der Waals surface area contributed by atoms with Gasteiger partial charge < -0.3 is 0 Å². The number of nitrogens with zero attached hydrogens (tertiary/aromatic N) is 2. The first kappa shape index (κ1) is 17.3. The van der Waals surface area contributed by atoms with Gasteiger partial charge >= 0.3 is 0 Å². The Balaban J connectivity index is 1.70. The van der Waals surface area contributed by atoms with Crippen LogP contribution in [0.3, 0.4) is 0 Å². The van der Waals surface area contributed by atoms with Crippen LogP contribution in [0.2, 0.25) is 0 Å². The van der Waals surface area contributed by atoms with E-state index in [1.807, 2.05) is 37.0 Å². The van der Waals surface area contributed by atoms with Gasteiger partial charge in [-0.2, -0.15) is 21.1 Å². The van der Waals surface area contributed by atoms with Crippen molar-refractivity contribution < 1.29 is 13.3 Å². The van der Waals surface area contributed by atoms with E-state index in [4.69, 9.17) is 4.84 Å². The van der Waals surface area contributed by atoms with E-state index >= 15 is 0 Å². The van der Waals surface area contributed by atoms with E-state index in [-0.39, 0.29) is 12.6 Å². The lowest BCUT2D eigenvalue weighted by Crippen LogP contribution is -2.45. The molecule has 2 saturated heterocycles. The van der Waals surface area contributed by atoms with Crippen molar-refractivity contribution in [2.24, 2.45) is 0 Å². The molecule has 25 heavy (non-hydrogen) atoms. The van der Waals surface area contributed by atoms with Crippen molar-refractivity contribution in [2.75, 3.05) is 38.2 Å². The van der Waals surface area contributed by atoms with Crippen molar-refractivity contribution in [2.45, 2.75) is 11.3 Å². The molecule has 134 valence electrons. The summed E-state index contributed by atoms with van der Waals surface area (Å²) in [5, 5.41) is 3.40. The van der Waals surface area contributed by atoms with E-state index < -0.39 is 15.3 Å². The smallest absolute Gasteiger partial charge is 0.221 e. The predicted molar refractivity (Wildman–Crippen MR) is 102 cm³/mol. The second kappa shape index (κ2) is 6.89. The van der Waals surface area contributed by atoms with Crippen LogP contribution in [-0.4, -0.2) is 61.3 Å². The Morgan fingerprint density at radius 1 is 1.08 bits per heavy atom. The normalized spacial score (nSPS) is 26.3. The maximum atomic E-state index is 13.2.